The number of rotatable bonds is 8. The molecule has 27 heavy (non-hydrogen) atoms. The van der Waals surface area contributed by atoms with Crippen molar-refractivity contribution >= 4 is 23.5 Å². The van der Waals surface area contributed by atoms with Gasteiger partial charge in [0.15, 0.2) is 0 Å². The van der Waals surface area contributed by atoms with E-state index in [-0.39, 0.29) is 18.4 Å². The fraction of sp³-hybridized carbons (Fsp3) is 0.571. The molecule has 2 rings (SSSR count). The third-order valence-corrected chi connectivity index (χ3v) is 5.13. The van der Waals surface area contributed by atoms with Gasteiger partial charge in [0.1, 0.15) is 12.1 Å². The summed E-state index contributed by atoms with van der Waals surface area (Å²) in [4.78, 5) is 38.7. The third-order valence-electron chi connectivity index (χ3n) is 5.13. The summed E-state index contributed by atoms with van der Waals surface area (Å²) in [5, 5.41) is 5.67. The Kier molecular flexibility index (Phi) is 6.63. The fourth-order valence-corrected chi connectivity index (χ4v) is 3.36. The first-order chi connectivity index (χ1) is 12.7. The number of hydrogen-bond donors (Lipinski definition) is 2. The molecule has 148 valence electrons. The van der Waals surface area contributed by atoms with Crippen molar-refractivity contribution in [3.05, 3.63) is 29.3 Å². The molecule has 1 aliphatic rings. The molecule has 0 aromatic heterocycles. The Morgan fingerprint density at radius 3 is 2.30 bits per heavy atom. The van der Waals surface area contributed by atoms with Gasteiger partial charge in [0, 0.05) is 5.69 Å². The van der Waals surface area contributed by atoms with Crippen LogP contribution in [0.25, 0.3) is 0 Å². The summed E-state index contributed by atoms with van der Waals surface area (Å²) in [5.41, 5.74) is 1.95. The quantitative estimate of drug-likeness (QED) is 0.685. The molecule has 1 saturated heterocycles. The SMILES string of the molecule is CCc1cccc(CC)c1NC(=O)CN1C(=O)N[C@](C)(CCC(C)C)C1=O. The molecule has 1 fully saturated rings. The van der Waals surface area contributed by atoms with Gasteiger partial charge in [0.25, 0.3) is 5.91 Å². The monoisotopic (exact) mass is 373 g/mol. The van der Waals surface area contributed by atoms with Crippen molar-refractivity contribution in [3.63, 3.8) is 0 Å². The van der Waals surface area contributed by atoms with Crippen LogP contribution >= 0.6 is 0 Å². The van der Waals surface area contributed by atoms with Crippen molar-refractivity contribution < 1.29 is 14.4 Å². The van der Waals surface area contributed by atoms with E-state index in [4.69, 9.17) is 0 Å². The van der Waals surface area contributed by atoms with Crippen molar-refractivity contribution in [3.8, 4) is 0 Å². The van der Waals surface area contributed by atoms with Gasteiger partial charge < -0.3 is 10.6 Å². The number of urea groups is 1. The molecule has 0 aliphatic carbocycles. The van der Waals surface area contributed by atoms with Gasteiger partial charge in [0.2, 0.25) is 5.91 Å². The summed E-state index contributed by atoms with van der Waals surface area (Å²) in [7, 11) is 0. The number of nitrogens with zero attached hydrogens (tertiary/aromatic N) is 1. The molecule has 0 saturated carbocycles. The van der Waals surface area contributed by atoms with Crippen LogP contribution in [0.4, 0.5) is 10.5 Å². The van der Waals surface area contributed by atoms with E-state index in [0.29, 0.717) is 12.3 Å². The van der Waals surface area contributed by atoms with Crippen molar-refractivity contribution in [2.45, 2.75) is 65.8 Å². The van der Waals surface area contributed by atoms with Crippen molar-refractivity contribution in [2.75, 3.05) is 11.9 Å². The summed E-state index contributed by atoms with van der Waals surface area (Å²) < 4.78 is 0. The normalized spacial score (nSPS) is 19.6. The Labute approximate surface area is 161 Å². The highest BCUT2D eigenvalue weighted by Crippen LogP contribution is 2.26. The van der Waals surface area contributed by atoms with Gasteiger partial charge in [0.05, 0.1) is 0 Å². The number of benzene rings is 1. The van der Waals surface area contributed by atoms with E-state index in [1.165, 1.54) is 0 Å². The third kappa shape index (κ3) is 4.67. The topological polar surface area (TPSA) is 78.5 Å². The first-order valence-corrected chi connectivity index (χ1v) is 9.76. The van der Waals surface area contributed by atoms with Crippen LogP contribution in [0.5, 0.6) is 0 Å². The van der Waals surface area contributed by atoms with E-state index in [1.54, 1.807) is 6.92 Å². The van der Waals surface area contributed by atoms with E-state index in [0.717, 1.165) is 41.0 Å². The number of para-hydroxylation sites is 1. The Morgan fingerprint density at radius 2 is 1.78 bits per heavy atom. The lowest BCUT2D eigenvalue weighted by Crippen LogP contribution is -2.44. The zero-order valence-electron chi connectivity index (χ0n) is 17.0. The van der Waals surface area contributed by atoms with Crippen LogP contribution in [-0.4, -0.2) is 34.8 Å². The maximum Gasteiger partial charge on any atom is 0.325 e. The highest BCUT2D eigenvalue weighted by Gasteiger charge is 2.47. The van der Waals surface area contributed by atoms with Crippen molar-refractivity contribution in [2.24, 2.45) is 5.92 Å². The first-order valence-electron chi connectivity index (χ1n) is 9.76. The minimum absolute atomic E-state index is 0.275. The van der Waals surface area contributed by atoms with E-state index >= 15 is 0 Å². The van der Waals surface area contributed by atoms with Gasteiger partial charge in [-0.25, -0.2) is 4.79 Å². The molecular formula is C21H31N3O3. The second-order valence-electron chi connectivity index (χ2n) is 7.79. The molecule has 0 bridgehead atoms. The molecule has 1 aromatic carbocycles. The lowest BCUT2D eigenvalue weighted by molar-refractivity contribution is -0.133. The predicted molar refractivity (Wildman–Crippen MR) is 107 cm³/mol. The van der Waals surface area contributed by atoms with Crippen LogP contribution < -0.4 is 10.6 Å². The molecule has 2 N–H and O–H groups in total. The molecule has 6 heteroatoms. The maximum absolute atomic E-state index is 12.7. The zero-order valence-corrected chi connectivity index (χ0v) is 17.0. The lowest BCUT2D eigenvalue weighted by Gasteiger charge is -2.22. The highest BCUT2D eigenvalue weighted by atomic mass is 16.2. The number of amides is 4. The number of nitrogens with one attached hydrogen (secondary N) is 2. The van der Waals surface area contributed by atoms with Crippen molar-refractivity contribution in [1.82, 2.24) is 10.2 Å². The molecule has 4 amide bonds. The van der Waals surface area contributed by atoms with Gasteiger partial charge in [-0.2, -0.15) is 0 Å². The number of carbonyl (C=O) groups excluding carboxylic acids is 3. The molecule has 6 nitrogen and oxygen atoms in total. The Morgan fingerprint density at radius 1 is 1.19 bits per heavy atom. The summed E-state index contributed by atoms with van der Waals surface area (Å²) in [5.74, 6) is -0.258. The van der Waals surface area contributed by atoms with Gasteiger partial charge >= 0.3 is 6.03 Å². The number of aryl methyl sites for hydroxylation is 2. The highest BCUT2D eigenvalue weighted by molar-refractivity contribution is 6.10. The molecule has 1 atom stereocenters. The Bertz CT molecular complexity index is 707. The molecular weight excluding hydrogens is 342 g/mol. The van der Waals surface area contributed by atoms with Crippen LogP contribution in [0.3, 0.4) is 0 Å². The molecule has 1 aromatic rings. The van der Waals surface area contributed by atoms with E-state index in [2.05, 4.69) is 24.5 Å². The van der Waals surface area contributed by atoms with Gasteiger partial charge in [-0.05, 0) is 49.7 Å². The summed E-state index contributed by atoms with van der Waals surface area (Å²) >= 11 is 0. The standard InChI is InChI=1S/C21H31N3O3/c1-6-15-9-8-10-16(7-2)18(15)22-17(25)13-24-19(26)21(5,23-20(24)27)12-11-14(3)4/h8-10,14H,6-7,11-13H2,1-5H3,(H,22,25)(H,23,27)/t21-/m1/s1. The fourth-order valence-electron chi connectivity index (χ4n) is 3.36. The zero-order chi connectivity index (χ0) is 20.2. The van der Waals surface area contributed by atoms with E-state index in [1.807, 2.05) is 32.0 Å². The summed E-state index contributed by atoms with van der Waals surface area (Å²) in [6, 6.07) is 5.43. The Hall–Kier alpha value is -2.37. The largest absolute Gasteiger partial charge is 0.325 e. The number of hydrogen-bond acceptors (Lipinski definition) is 3. The van der Waals surface area contributed by atoms with Gasteiger partial charge in [-0.1, -0.05) is 45.9 Å². The van der Waals surface area contributed by atoms with E-state index < -0.39 is 11.6 Å². The molecule has 0 unspecified atom stereocenters. The molecule has 0 radical (unpaired) electrons. The second kappa shape index (κ2) is 8.55. The summed E-state index contributed by atoms with van der Waals surface area (Å²) in [6.45, 7) is 9.67. The first kappa shape index (κ1) is 20.9. The average molecular weight is 373 g/mol. The van der Waals surface area contributed by atoms with Crippen LogP contribution in [-0.2, 0) is 22.4 Å². The van der Waals surface area contributed by atoms with Gasteiger partial charge in [-0.3, -0.25) is 14.5 Å². The van der Waals surface area contributed by atoms with Crippen LogP contribution in [0.1, 0.15) is 58.6 Å². The number of imide groups is 1. The Balaban J connectivity index is 2.10. The van der Waals surface area contributed by atoms with Crippen molar-refractivity contribution in [1.29, 1.82) is 0 Å². The van der Waals surface area contributed by atoms with Crippen LogP contribution in [0.15, 0.2) is 18.2 Å². The van der Waals surface area contributed by atoms with Crippen LogP contribution in [0.2, 0.25) is 0 Å². The van der Waals surface area contributed by atoms with E-state index in [9.17, 15) is 14.4 Å². The lowest BCUT2D eigenvalue weighted by atomic mass is 9.92. The molecule has 1 aliphatic heterocycles. The predicted octanol–water partition coefficient (Wildman–Crippen LogP) is 3.50. The second-order valence-corrected chi connectivity index (χ2v) is 7.79. The molecule has 0 spiro atoms. The van der Waals surface area contributed by atoms with Crippen LogP contribution in [0, 0.1) is 5.92 Å². The smallest absolute Gasteiger partial charge is 0.324 e. The van der Waals surface area contributed by atoms with Gasteiger partial charge in [-0.15, -0.1) is 0 Å². The number of anilines is 1. The summed E-state index contributed by atoms with van der Waals surface area (Å²) in [6.07, 6.45) is 2.97. The minimum atomic E-state index is -0.933. The molecule has 1 heterocycles. The number of carbonyl (C=O) groups is 3. The average Bonchev–Trinajstić information content (AvgIpc) is 2.83. The minimum Gasteiger partial charge on any atom is -0.324 e. The maximum atomic E-state index is 12.7.